The molecule has 1 atom stereocenters. The van der Waals surface area contributed by atoms with Crippen molar-refractivity contribution < 1.29 is 19.5 Å². The Morgan fingerprint density at radius 1 is 0.929 bits per heavy atom. The van der Waals surface area contributed by atoms with Crippen molar-refractivity contribution in [3.63, 3.8) is 0 Å². The number of aliphatic hydroxyl groups is 1. The minimum absolute atomic E-state index is 0.0597. The first kappa shape index (κ1) is 17.8. The van der Waals surface area contributed by atoms with Crippen LogP contribution < -0.4 is 9.47 Å². The van der Waals surface area contributed by atoms with Crippen molar-refractivity contribution >= 4 is 11.8 Å². The summed E-state index contributed by atoms with van der Waals surface area (Å²) in [4.78, 5) is 10.3. The largest absolute Gasteiger partial charge is 0.454 e. The van der Waals surface area contributed by atoms with Crippen molar-refractivity contribution in [2.75, 3.05) is 6.79 Å². The molecule has 0 fully saturated rings. The van der Waals surface area contributed by atoms with Crippen LogP contribution in [0.2, 0.25) is 0 Å². The molecular formula is C22H17NO5. The number of nitro benzene ring substituents is 1. The second kappa shape index (κ2) is 7.54. The Bertz CT molecular complexity index is 1030. The maximum Gasteiger partial charge on any atom is 0.269 e. The summed E-state index contributed by atoms with van der Waals surface area (Å²) in [7, 11) is 0. The first-order valence-electron chi connectivity index (χ1n) is 8.71. The van der Waals surface area contributed by atoms with E-state index in [-0.39, 0.29) is 12.5 Å². The van der Waals surface area contributed by atoms with Gasteiger partial charge in [0, 0.05) is 12.1 Å². The summed E-state index contributed by atoms with van der Waals surface area (Å²) in [6, 6.07) is 19.4. The quantitative estimate of drug-likeness (QED) is 0.515. The van der Waals surface area contributed by atoms with Crippen LogP contribution >= 0.6 is 0 Å². The van der Waals surface area contributed by atoms with Crippen LogP contribution in [0.15, 0.2) is 72.8 Å². The van der Waals surface area contributed by atoms with Gasteiger partial charge in [0.15, 0.2) is 11.5 Å². The van der Waals surface area contributed by atoms with E-state index in [4.69, 9.17) is 9.47 Å². The number of benzene rings is 3. The molecule has 3 aromatic rings. The summed E-state index contributed by atoms with van der Waals surface area (Å²) < 4.78 is 10.6. The second-order valence-corrected chi connectivity index (χ2v) is 6.34. The highest BCUT2D eigenvalue weighted by atomic mass is 16.7. The van der Waals surface area contributed by atoms with E-state index in [2.05, 4.69) is 0 Å². The molecular weight excluding hydrogens is 358 g/mol. The summed E-state index contributed by atoms with van der Waals surface area (Å²) in [6.07, 6.45) is 2.78. The molecule has 0 amide bonds. The monoisotopic (exact) mass is 375 g/mol. The molecule has 0 spiro atoms. The van der Waals surface area contributed by atoms with E-state index in [0.29, 0.717) is 5.75 Å². The van der Waals surface area contributed by atoms with Crippen LogP contribution in [0.5, 0.6) is 11.5 Å². The Balaban J connectivity index is 1.46. The number of hydrogen-bond acceptors (Lipinski definition) is 5. The van der Waals surface area contributed by atoms with Gasteiger partial charge in [-0.3, -0.25) is 10.1 Å². The SMILES string of the molecule is O=[N+]([O-])c1ccc(-c2ccc(C(O)/C=C/c3ccc4c(c3)OCO4)cc2)cc1. The van der Waals surface area contributed by atoms with Crippen molar-refractivity contribution in [1.29, 1.82) is 0 Å². The summed E-state index contributed by atoms with van der Waals surface area (Å²) >= 11 is 0. The topological polar surface area (TPSA) is 81.8 Å². The van der Waals surface area contributed by atoms with Gasteiger partial charge >= 0.3 is 0 Å². The zero-order chi connectivity index (χ0) is 19.5. The lowest BCUT2D eigenvalue weighted by atomic mass is 10.0. The smallest absolute Gasteiger partial charge is 0.269 e. The summed E-state index contributed by atoms with van der Waals surface area (Å²) in [5.41, 5.74) is 3.52. The maximum atomic E-state index is 10.7. The molecule has 1 aliphatic rings. The van der Waals surface area contributed by atoms with Crippen LogP contribution in [0, 0.1) is 10.1 Å². The van der Waals surface area contributed by atoms with E-state index in [1.54, 1.807) is 18.2 Å². The van der Waals surface area contributed by atoms with E-state index in [0.717, 1.165) is 28.0 Å². The minimum atomic E-state index is -0.753. The molecule has 1 heterocycles. The van der Waals surface area contributed by atoms with E-state index in [1.807, 2.05) is 48.5 Å². The van der Waals surface area contributed by atoms with Crippen LogP contribution in [0.25, 0.3) is 17.2 Å². The highest BCUT2D eigenvalue weighted by Gasteiger charge is 2.12. The molecule has 0 aliphatic carbocycles. The van der Waals surface area contributed by atoms with Crippen molar-refractivity contribution in [1.82, 2.24) is 0 Å². The van der Waals surface area contributed by atoms with Gasteiger partial charge in [0.1, 0.15) is 0 Å². The summed E-state index contributed by atoms with van der Waals surface area (Å²) in [5.74, 6) is 1.42. The first-order valence-corrected chi connectivity index (χ1v) is 8.71. The molecule has 0 saturated heterocycles. The van der Waals surface area contributed by atoms with Crippen LogP contribution in [0.4, 0.5) is 5.69 Å². The molecule has 1 unspecified atom stereocenters. The summed E-state index contributed by atoms with van der Waals surface area (Å²) in [6.45, 7) is 0.228. The van der Waals surface area contributed by atoms with Gasteiger partial charge in [0.2, 0.25) is 6.79 Å². The predicted molar refractivity (Wildman–Crippen MR) is 105 cm³/mol. The van der Waals surface area contributed by atoms with E-state index in [9.17, 15) is 15.2 Å². The summed E-state index contributed by atoms with van der Waals surface area (Å²) in [5, 5.41) is 21.2. The van der Waals surface area contributed by atoms with Gasteiger partial charge in [0.25, 0.3) is 5.69 Å². The molecule has 4 rings (SSSR count). The minimum Gasteiger partial charge on any atom is -0.454 e. The Hall–Kier alpha value is -3.64. The molecule has 140 valence electrons. The third-order valence-electron chi connectivity index (χ3n) is 4.53. The highest BCUT2D eigenvalue weighted by molar-refractivity contribution is 5.65. The van der Waals surface area contributed by atoms with E-state index >= 15 is 0 Å². The third kappa shape index (κ3) is 3.72. The fourth-order valence-electron chi connectivity index (χ4n) is 2.98. The van der Waals surface area contributed by atoms with Gasteiger partial charge in [-0.15, -0.1) is 0 Å². The average Bonchev–Trinajstić information content (AvgIpc) is 3.20. The zero-order valence-electron chi connectivity index (χ0n) is 14.8. The van der Waals surface area contributed by atoms with Gasteiger partial charge in [-0.25, -0.2) is 0 Å². The maximum absolute atomic E-state index is 10.7. The van der Waals surface area contributed by atoms with E-state index < -0.39 is 11.0 Å². The molecule has 1 aliphatic heterocycles. The molecule has 0 bridgehead atoms. The van der Waals surface area contributed by atoms with E-state index in [1.165, 1.54) is 12.1 Å². The predicted octanol–water partition coefficient (Wildman–Crippen LogP) is 4.74. The van der Waals surface area contributed by atoms with Crippen molar-refractivity contribution in [2.45, 2.75) is 6.10 Å². The zero-order valence-corrected chi connectivity index (χ0v) is 14.8. The first-order chi connectivity index (χ1) is 13.6. The number of aliphatic hydroxyl groups excluding tert-OH is 1. The Morgan fingerprint density at radius 3 is 2.25 bits per heavy atom. The van der Waals surface area contributed by atoms with Crippen LogP contribution in [0.1, 0.15) is 17.2 Å². The van der Waals surface area contributed by atoms with Gasteiger partial charge in [-0.05, 0) is 46.5 Å². The lowest BCUT2D eigenvalue weighted by Gasteiger charge is -2.08. The molecule has 0 saturated carbocycles. The van der Waals surface area contributed by atoms with Gasteiger partial charge in [0.05, 0.1) is 11.0 Å². The molecule has 6 heteroatoms. The molecule has 1 N–H and O–H groups in total. The van der Waals surface area contributed by atoms with Gasteiger partial charge < -0.3 is 14.6 Å². The average molecular weight is 375 g/mol. The molecule has 6 nitrogen and oxygen atoms in total. The lowest BCUT2D eigenvalue weighted by Crippen LogP contribution is -1.93. The molecule has 0 aromatic heterocycles. The fraction of sp³-hybridized carbons (Fsp3) is 0.0909. The fourth-order valence-corrected chi connectivity index (χ4v) is 2.98. The normalized spacial score (nSPS) is 13.6. The number of rotatable bonds is 5. The van der Waals surface area contributed by atoms with Crippen LogP contribution in [-0.4, -0.2) is 16.8 Å². The number of nitrogens with zero attached hydrogens (tertiary/aromatic N) is 1. The van der Waals surface area contributed by atoms with Crippen LogP contribution in [-0.2, 0) is 0 Å². The number of nitro groups is 1. The molecule has 28 heavy (non-hydrogen) atoms. The number of hydrogen-bond donors (Lipinski definition) is 1. The lowest BCUT2D eigenvalue weighted by molar-refractivity contribution is -0.384. The van der Waals surface area contributed by atoms with Crippen molar-refractivity contribution in [3.8, 4) is 22.6 Å². The number of non-ortho nitro benzene ring substituents is 1. The standard InChI is InChI=1S/C22H17NO5/c24-20(11-1-15-2-12-21-22(13-15)28-14-27-21)18-5-3-16(4-6-18)17-7-9-19(10-8-17)23(25)26/h1-13,20,24H,14H2/b11-1+. The second-order valence-electron chi connectivity index (χ2n) is 6.34. The van der Waals surface area contributed by atoms with Crippen LogP contribution in [0.3, 0.4) is 0 Å². The number of ether oxygens (including phenoxy) is 2. The van der Waals surface area contributed by atoms with Gasteiger partial charge in [-0.2, -0.15) is 0 Å². The molecule has 3 aromatic carbocycles. The Labute approximate surface area is 161 Å². The Kier molecular flexibility index (Phi) is 4.78. The van der Waals surface area contributed by atoms with Crippen molar-refractivity contribution in [3.05, 3.63) is 94.0 Å². The highest BCUT2D eigenvalue weighted by Crippen LogP contribution is 2.33. The molecule has 0 radical (unpaired) electrons. The van der Waals surface area contributed by atoms with Gasteiger partial charge in [-0.1, -0.05) is 42.5 Å². The Morgan fingerprint density at radius 2 is 1.57 bits per heavy atom. The third-order valence-corrected chi connectivity index (χ3v) is 4.53. The van der Waals surface area contributed by atoms with Crippen molar-refractivity contribution in [2.24, 2.45) is 0 Å². The number of fused-ring (bicyclic) bond motifs is 1.